The first kappa shape index (κ1) is 51.4. The minimum Gasteiger partial charge on any atom is -0.462 e. The molecule has 11 heteroatoms. The number of unbranched alkanes of at least 4 members (excludes halogenated alkanes) is 11. The molecule has 0 saturated heterocycles. The molecular weight excluding hydrogens is 707 g/mol. The van der Waals surface area contributed by atoms with Crippen LogP contribution in [0, 0.1) is 0 Å². The summed E-state index contributed by atoms with van der Waals surface area (Å²) in [6, 6.07) is 0. The number of phosphoric acid groups is 1. The SMILES string of the molecule is CC/C=C\C/C=C\C/C=C\C/C=C\CCCCCCC(=O)OC(COC(=O)CCCCCCC/C=C\C/C=C\CCCC)COP(=O)(O)OCC(O)CO. The normalized spacial score (nSPS) is 14.7. The van der Waals surface area contributed by atoms with Gasteiger partial charge in [-0.1, -0.05) is 132 Å². The van der Waals surface area contributed by atoms with Gasteiger partial charge in [0, 0.05) is 12.8 Å². The van der Waals surface area contributed by atoms with Crippen molar-refractivity contribution >= 4 is 19.8 Å². The highest BCUT2D eigenvalue weighted by Crippen LogP contribution is 2.43. The fourth-order valence-corrected chi connectivity index (χ4v) is 5.73. The number of phosphoric ester groups is 1. The Bertz CT molecular complexity index is 1130. The number of esters is 2. The van der Waals surface area contributed by atoms with Gasteiger partial charge in [-0.3, -0.25) is 18.6 Å². The van der Waals surface area contributed by atoms with E-state index in [4.69, 9.17) is 19.1 Å². The Labute approximate surface area is 327 Å². The molecule has 0 aliphatic rings. The molecule has 0 heterocycles. The van der Waals surface area contributed by atoms with Crippen LogP contribution >= 0.6 is 7.82 Å². The van der Waals surface area contributed by atoms with E-state index in [1.807, 2.05) is 0 Å². The first-order valence-corrected chi connectivity index (χ1v) is 21.9. The van der Waals surface area contributed by atoms with Crippen molar-refractivity contribution in [3.63, 3.8) is 0 Å². The molecule has 10 nitrogen and oxygen atoms in total. The van der Waals surface area contributed by atoms with Crippen molar-refractivity contribution in [3.05, 3.63) is 72.9 Å². The van der Waals surface area contributed by atoms with Crippen LogP contribution in [0.5, 0.6) is 0 Å². The van der Waals surface area contributed by atoms with Gasteiger partial charge in [-0.15, -0.1) is 0 Å². The van der Waals surface area contributed by atoms with E-state index >= 15 is 0 Å². The molecule has 3 atom stereocenters. The van der Waals surface area contributed by atoms with E-state index in [0.717, 1.165) is 96.3 Å². The number of aliphatic hydroxyl groups is 2. The van der Waals surface area contributed by atoms with Crippen molar-refractivity contribution in [2.75, 3.05) is 26.4 Å². The Kier molecular flexibility index (Phi) is 36.8. The third kappa shape index (κ3) is 37.7. The summed E-state index contributed by atoms with van der Waals surface area (Å²) in [6.45, 7) is 2.15. The first-order valence-electron chi connectivity index (χ1n) is 20.4. The number of rotatable bonds is 37. The van der Waals surface area contributed by atoms with Crippen molar-refractivity contribution in [3.8, 4) is 0 Å². The van der Waals surface area contributed by atoms with Crippen LogP contribution < -0.4 is 0 Å². The zero-order valence-corrected chi connectivity index (χ0v) is 34.3. The zero-order chi connectivity index (χ0) is 39.8. The lowest BCUT2D eigenvalue weighted by molar-refractivity contribution is -0.161. The summed E-state index contributed by atoms with van der Waals surface area (Å²) in [5.41, 5.74) is 0. The van der Waals surface area contributed by atoms with Crippen LogP contribution in [-0.2, 0) is 32.7 Å². The molecule has 0 amide bonds. The average Bonchev–Trinajstić information content (AvgIpc) is 3.16. The second-order valence-corrected chi connectivity index (χ2v) is 14.7. The number of hydrogen-bond donors (Lipinski definition) is 3. The molecule has 0 radical (unpaired) electrons. The standard InChI is InChI=1S/C43H73O10P/c1-3-5-7-9-11-13-15-17-19-20-21-23-25-27-29-31-33-35-43(47)53-41(39-52-54(48,49)51-37-40(45)36-44)38-50-42(46)34-32-30-28-26-24-22-18-16-14-12-10-8-6-4-2/h5,7,10-13,16-19,21,23,40-41,44-45H,3-4,6,8-9,14-15,20,22,24-39H2,1-2H3,(H,48,49)/b7-5-,12-10-,13-11-,18-16-,19-17-,23-21-. The van der Waals surface area contributed by atoms with E-state index in [0.29, 0.717) is 12.8 Å². The van der Waals surface area contributed by atoms with E-state index in [1.165, 1.54) is 12.8 Å². The zero-order valence-electron chi connectivity index (χ0n) is 33.4. The van der Waals surface area contributed by atoms with E-state index in [2.05, 4.69) is 91.3 Å². The average molecular weight is 781 g/mol. The van der Waals surface area contributed by atoms with Crippen molar-refractivity contribution < 1.29 is 47.8 Å². The summed E-state index contributed by atoms with van der Waals surface area (Å²) in [5.74, 6) is -0.977. The lowest BCUT2D eigenvalue weighted by Gasteiger charge is -2.20. The van der Waals surface area contributed by atoms with Crippen LogP contribution in [0.25, 0.3) is 0 Å². The number of hydrogen-bond acceptors (Lipinski definition) is 9. The Morgan fingerprint density at radius 1 is 0.574 bits per heavy atom. The van der Waals surface area contributed by atoms with Gasteiger partial charge in [0.2, 0.25) is 0 Å². The lowest BCUT2D eigenvalue weighted by Crippen LogP contribution is -2.29. The molecule has 0 rings (SSSR count). The number of carbonyl (C=O) groups excluding carboxylic acids is 2. The number of carbonyl (C=O) groups is 2. The molecule has 0 aromatic carbocycles. The smallest absolute Gasteiger partial charge is 0.462 e. The van der Waals surface area contributed by atoms with Crippen LogP contribution in [0.1, 0.15) is 149 Å². The molecule has 0 spiro atoms. The summed E-state index contributed by atoms with van der Waals surface area (Å²) in [4.78, 5) is 34.9. The topological polar surface area (TPSA) is 149 Å². The Morgan fingerprint density at radius 2 is 1.02 bits per heavy atom. The summed E-state index contributed by atoms with van der Waals surface area (Å²) in [5, 5.41) is 18.3. The number of aliphatic hydroxyl groups excluding tert-OH is 2. The van der Waals surface area contributed by atoms with Crippen molar-refractivity contribution in [2.45, 2.75) is 161 Å². The quantitative estimate of drug-likeness (QED) is 0.0241. The monoisotopic (exact) mass is 780 g/mol. The van der Waals surface area contributed by atoms with Gasteiger partial charge in [-0.25, -0.2) is 4.57 Å². The predicted molar refractivity (Wildman–Crippen MR) is 219 cm³/mol. The minimum atomic E-state index is -4.63. The second-order valence-electron chi connectivity index (χ2n) is 13.3. The van der Waals surface area contributed by atoms with Gasteiger partial charge >= 0.3 is 19.8 Å². The van der Waals surface area contributed by atoms with E-state index in [9.17, 15) is 24.2 Å². The summed E-state index contributed by atoms with van der Waals surface area (Å²) < 4.78 is 32.6. The highest BCUT2D eigenvalue weighted by atomic mass is 31.2. The van der Waals surface area contributed by atoms with Crippen LogP contribution in [0.15, 0.2) is 72.9 Å². The number of ether oxygens (including phenoxy) is 2. The van der Waals surface area contributed by atoms with E-state index in [-0.39, 0.29) is 19.4 Å². The second kappa shape index (κ2) is 38.7. The molecule has 54 heavy (non-hydrogen) atoms. The maximum atomic E-state index is 12.6. The highest BCUT2D eigenvalue weighted by Gasteiger charge is 2.27. The van der Waals surface area contributed by atoms with Crippen molar-refractivity contribution in [2.24, 2.45) is 0 Å². The number of allylic oxidation sites excluding steroid dienone is 12. The molecule has 0 aliphatic heterocycles. The van der Waals surface area contributed by atoms with Gasteiger partial charge in [0.05, 0.1) is 19.8 Å². The molecule has 3 N–H and O–H groups in total. The molecule has 3 unspecified atom stereocenters. The minimum absolute atomic E-state index is 0.149. The summed E-state index contributed by atoms with van der Waals surface area (Å²) in [7, 11) is -4.63. The third-order valence-electron chi connectivity index (χ3n) is 8.09. The van der Waals surface area contributed by atoms with Crippen LogP contribution in [-0.4, -0.2) is 65.7 Å². The van der Waals surface area contributed by atoms with Gasteiger partial charge < -0.3 is 24.6 Å². The van der Waals surface area contributed by atoms with Gasteiger partial charge in [0.1, 0.15) is 12.7 Å². The summed E-state index contributed by atoms with van der Waals surface area (Å²) >= 11 is 0. The predicted octanol–water partition coefficient (Wildman–Crippen LogP) is 10.5. The molecule has 0 aromatic rings. The van der Waals surface area contributed by atoms with Crippen LogP contribution in [0.4, 0.5) is 0 Å². The molecular formula is C43H73O10P. The van der Waals surface area contributed by atoms with Gasteiger partial charge in [-0.2, -0.15) is 0 Å². The largest absolute Gasteiger partial charge is 0.472 e. The highest BCUT2D eigenvalue weighted by molar-refractivity contribution is 7.47. The molecule has 0 saturated carbocycles. The fourth-order valence-electron chi connectivity index (χ4n) is 4.94. The molecule has 0 aliphatic carbocycles. The van der Waals surface area contributed by atoms with Crippen molar-refractivity contribution in [1.82, 2.24) is 0 Å². The Morgan fingerprint density at radius 3 is 1.54 bits per heavy atom. The lowest BCUT2D eigenvalue weighted by atomic mass is 10.1. The van der Waals surface area contributed by atoms with Crippen molar-refractivity contribution in [1.29, 1.82) is 0 Å². The van der Waals surface area contributed by atoms with Gasteiger partial charge in [-0.05, 0) is 77.0 Å². The van der Waals surface area contributed by atoms with Crippen LogP contribution in [0.2, 0.25) is 0 Å². The molecule has 310 valence electrons. The summed E-state index contributed by atoms with van der Waals surface area (Å²) in [6.07, 6.45) is 42.9. The van der Waals surface area contributed by atoms with Gasteiger partial charge in [0.25, 0.3) is 0 Å². The van der Waals surface area contributed by atoms with Crippen LogP contribution in [0.3, 0.4) is 0 Å². The third-order valence-corrected chi connectivity index (χ3v) is 9.05. The fraction of sp³-hybridized carbons (Fsp3) is 0.674. The molecule has 0 fully saturated rings. The molecule has 0 bridgehead atoms. The van der Waals surface area contributed by atoms with E-state index < -0.39 is 51.8 Å². The van der Waals surface area contributed by atoms with Gasteiger partial charge in [0.15, 0.2) is 6.10 Å². The maximum absolute atomic E-state index is 12.6. The Hall–Kier alpha value is -2.59. The Balaban J connectivity index is 4.42. The maximum Gasteiger partial charge on any atom is 0.472 e. The molecule has 0 aromatic heterocycles. The van der Waals surface area contributed by atoms with E-state index in [1.54, 1.807) is 0 Å². The first-order chi connectivity index (χ1) is 26.2.